The highest BCUT2D eigenvalue weighted by molar-refractivity contribution is 5.12. The van der Waals surface area contributed by atoms with Crippen LogP contribution in [0.1, 0.15) is 6.92 Å². The summed E-state index contributed by atoms with van der Waals surface area (Å²) in [6.45, 7) is 6.39. The van der Waals surface area contributed by atoms with Crippen LogP contribution < -0.4 is 10.6 Å². The van der Waals surface area contributed by atoms with E-state index < -0.39 is 0 Å². The molecule has 2 heteroatoms. The van der Waals surface area contributed by atoms with Crippen molar-refractivity contribution < 1.29 is 0 Å². The van der Waals surface area contributed by atoms with E-state index in [4.69, 9.17) is 0 Å². The molecule has 0 bridgehead atoms. The van der Waals surface area contributed by atoms with Crippen molar-refractivity contribution in [1.82, 2.24) is 10.6 Å². The summed E-state index contributed by atoms with van der Waals surface area (Å²) < 4.78 is 0. The Morgan fingerprint density at radius 3 is 3.22 bits per heavy atom. The van der Waals surface area contributed by atoms with Crippen LogP contribution in [0.4, 0.5) is 0 Å². The van der Waals surface area contributed by atoms with E-state index in [0.717, 1.165) is 26.2 Å². The van der Waals surface area contributed by atoms with E-state index >= 15 is 0 Å². The van der Waals surface area contributed by atoms with Gasteiger partial charge in [0.2, 0.25) is 0 Å². The Kier molecular flexibility index (Phi) is 2.74. The van der Waals surface area contributed by atoms with Crippen LogP contribution in [0.2, 0.25) is 0 Å². The zero-order valence-electron chi connectivity index (χ0n) is 5.91. The minimum atomic E-state index is 1.06. The van der Waals surface area contributed by atoms with Gasteiger partial charge in [0, 0.05) is 19.6 Å². The summed E-state index contributed by atoms with van der Waals surface area (Å²) in [6, 6.07) is 0. The normalized spacial score (nSPS) is 18.1. The van der Waals surface area contributed by atoms with Gasteiger partial charge in [-0.3, -0.25) is 0 Å². The Balaban J connectivity index is 2.11. The summed E-state index contributed by atoms with van der Waals surface area (Å²) >= 11 is 0. The van der Waals surface area contributed by atoms with E-state index in [1.54, 1.807) is 0 Å². The van der Waals surface area contributed by atoms with Crippen LogP contribution in [0.3, 0.4) is 0 Å². The number of hydrogen-bond acceptors (Lipinski definition) is 2. The summed E-state index contributed by atoms with van der Waals surface area (Å²) in [5, 5.41) is 6.53. The minimum Gasteiger partial charge on any atom is -0.313 e. The Hall–Kier alpha value is -0.340. The fraction of sp³-hybridized carbons (Fsp3) is 0.714. The highest BCUT2D eigenvalue weighted by atomic mass is 14.9. The molecule has 0 aromatic rings. The molecule has 2 nitrogen and oxygen atoms in total. The van der Waals surface area contributed by atoms with Crippen LogP contribution in [-0.4, -0.2) is 26.2 Å². The van der Waals surface area contributed by atoms with Crippen molar-refractivity contribution in [2.24, 2.45) is 0 Å². The second-order valence-electron chi connectivity index (χ2n) is 2.27. The number of nitrogens with one attached hydrogen (secondary N) is 2. The lowest BCUT2D eigenvalue weighted by atomic mass is 10.3. The lowest BCUT2D eigenvalue weighted by Crippen LogP contribution is -2.19. The molecule has 0 aromatic carbocycles. The third kappa shape index (κ3) is 2.16. The topological polar surface area (TPSA) is 24.1 Å². The van der Waals surface area contributed by atoms with Gasteiger partial charge in [0.25, 0.3) is 0 Å². The first-order valence-corrected chi connectivity index (χ1v) is 3.53. The van der Waals surface area contributed by atoms with Gasteiger partial charge < -0.3 is 10.6 Å². The zero-order valence-corrected chi connectivity index (χ0v) is 5.91. The lowest BCUT2D eigenvalue weighted by Gasteiger charge is -1.99. The molecule has 0 aromatic heterocycles. The lowest BCUT2D eigenvalue weighted by molar-refractivity contribution is 0.755. The van der Waals surface area contributed by atoms with E-state index in [9.17, 15) is 0 Å². The molecule has 0 aliphatic carbocycles. The maximum atomic E-state index is 3.28. The summed E-state index contributed by atoms with van der Waals surface area (Å²) in [6.07, 6.45) is 2.25. The van der Waals surface area contributed by atoms with Gasteiger partial charge in [-0.25, -0.2) is 0 Å². The van der Waals surface area contributed by atoms with E-state index in [-0.39, 0.29) is 0 Å². The van der Waals surface area contributed by atoms with Gasteiger partial charge >= 0.3 is 0 Å². The fourth-order valence-electron chi connectivity index (χ4n) is 0.942. The minimum absolute atomic E-state index is 1.06. The van der Waals surface area contributed by atoms with Crippen LogP contribution in [0.5, 0.6) is 0 Å². The average Bonchev–Trinajstić information content (AvgIpc) is 2.34. The van der Waals surface area contributed by atoms with Gasteiger partial charge in [-0.1, -0.05) is 13.0 Å². The average molecular weight is 126 g/mol. The van der Waals surface area contributed by atoms with Crippen LogP contribution in [0.15, 0.2) is 11.6 Å². The molecular weight excluding hydrogens is 112 g/mol. The Bertz CT molecular complexity index is 107. The third-order valence-corrected chi connectivity index (χ3v) is 1.49. The van der Waals surface area contributed by atoms with E-state index in [1.807, 2.05) is 0 Å². The predicted molar refractivity (Wildman–Crippen MR) is 39.5 cm³/mol. The van der Waals surface area contributed by atoms with Crippen LogP contribution in [0.25, 0.3) is 0 Å². The predicted octanol–water partition coefficient (Wildman–Crippen LogP) is 0.125. The van der Waals surface area contributed by atoms with Crippen molar-refractivity contribution >= 4 is 0 Å². The van der Waals surface area contributed by atoms with Crippen molar-refractivity contribution in [3.05, 3.63) is 11.6 Å². The molecule has 52 valence electrons. The SMILES string of the molecule is CCNCC1=CCNC1. The van der Waals surface area contributed by atoms with Crippen molar-refractivity contribution in [2.45, 2.75) is 6.92 Å². The molecule has 0 atom stereocenters. The summed E-state index contributed by atoms with van der Waals surface area (Å²) in [4.78, 5) is 0. The van der Waals surface area contributed by atoms with Crippen LogP contribution >= 0.6 is 0 Å². The van der Waals surface area contributed by atoms with Gasteiger partial charge in [0.1, 0.15) is 0 Å². The first-order valence-electron chi connectivity index (χ1n) is 3.53. The maximum absolute atomic E-state index is 3.28. The van der Waals surface area contributed by atoms with Crippen molar-refractivity contribution in [2.75, 3.05) is 26.2 Å². The molecule has 0 saturated heterocycles. The van der Waals surface area contributed by atoms with E-state index in [0.29, 0.717) is 0 Å². The quantitative estimate of drug-likeness (QED) is 0.525. The first-order chi connectivity index (χ1) is 4.43. The molecule has 0 saturated carbocycles. The van der Waals surface area contributed by atoms with Crippen molar-refractivity contribution in [3.8, 4) is 0 Å². The molecule has 0 fully saturated rings. The number of rotatable bonds is 3. The molecular formula is C7H14N2. The summed E-state index contributed by atoms with van der Waals surface area (Å²) in [7, 11) is 0. The van der Waals surface area contributed by atoms with E-state index in [1.165, 1.54) is 5.57 Å². The smallest absolute Gasteiger partial charge is 0.0180 e. The van der Waals surface area contributed by atoms with Gasteiger partial charge in [-0.15, -0.1) is 0 Å². The highest BCUT2D eigenvalue weighted by Crippen LogP contribution is 1.94. The molecule has 0 unspecified atom stereocenters. The van der Waals surface area contributed by atoms with E-state index in [2.05, 4.69) is 23.6 Å². The van der Waals surface area contributed by atoms with Gasteiger partial charge in [0.15, 0.2) is 0 Å². The number of likely N-dealkylation sites (N-methyl/N-ethyl adjacent to an activating group) is 1. The van der Waals surface area contributed by atoms with Gasteiger partial charge in [-0.2, -0.15) is 0 Å². The Morgan fingerprint density at radius 2 is 2.67 bits per heavy atom. The fourth-order valence-corrected chi connectivity index (χ4v) is 0.942. The maximum Gasteiger partial charge on any atom is 0.0180 e. The number of hydrogen-bond donors (Lipinski definition) is 2. The molecule has 2 N–H and O–H groups in total. The summed E-state index contributed by atoms with van der Waals surface area (Å²) in [5.41, 5.74) is 1.50. The second-order valence-corrected chi connectivity index (χ2v) is 2.27. The molecule has 0 amide bonds. The third-order valence-electron chi connectivity index (χ3n) is 1.49. The molecule has 9 heavy (non-hydrogen) atoms. The van der Waals surface area contributed by atoms with Gasteiger partial charge in [0.05, 0.1) is 0 Å². The molecule has 1 aliphatic heterocycles. The molecule has 0 spiro atoms. The second kappa shape index (κ2) is 3.64. The summed E-state index contributed by atoms with van der Waals surface area (Å²) in [5.74, 6) is 0. The molecule has 1 aliphatic rings. The first kappa shape index (κ1) is 6.78. The standard InChI is InChI=1S/C7H14N2/c1-2-8-5-7-3-4-9-6-7/h3,8-9H,2,4-6H2,1H3. The van der Waals surface area contributed by atoms with Crippen molar-refractivity contribution in [3.63, 3.8) is 0 Å². The molecule has 0 radical (unpaired) electrons. The molecule has 1 heterocycles. The van der Waals surface area contributed by atoms with Gasteiger partial charge in [-0.05, 0) is 12.1 Å². The molecule has 1 rings (SSSR count). The Morgan fingerprint density at radius 1 is 1.78 bits per heavy atom. The van der Waals surface area contributed by atoms with Crippen LogP contribution in [-0.2, 0) is 0 Å². The Labute approximate surface area is 56.3 Å². The zero-order chi connectivity index (χ0) is 6.53. The highest BCUT2D eigenvalue weighted by Gasteiger charge is 2.00. The van der Waals surface area contributed by atoms with Crippen LogP contribution in [0, 0.1) is 0 Å². The monoisotopic (exact) mass is 126 g/mol. The van der Waals surface area contributed by atoms with Crippen molar-refractivity contribution in [1.29, 1.82) is 0 Å². The largest absolute Gasteiger partial charge is 0.313 e.